The molecule has 0 unspecified atom stereocenters. The Labute approximate surface area is 144 Å². The average molecular weight is 349 g/mol. The topological polar surface area (TPSA) is 78.1 Å². The van der Waals surface area contributed by atoms with Crippen molar-refractivity contribution in [3.05, 3.63) is 16.8 Å². The largest absolute Gasteiger partial charge is 0.459 e. The second kappa shape index (κ2) is 7.30. The number of fused-ring (bicyclic) bond motifs is 1. The molecule has 0 amide bonds. The maximum absolute atomic E-state index is 11.9. The summed E-state index contributed by atoms with van der Waals surface area (Å²) >= 11 is 2.86. The first-order valence-electron chi connectivity index (χ1n) is 7.10. The van der Waals surface area contributed by atoms with E-state index in [0.29, 0.717) is 12.4 Å². The zero-order chi connectivity index (χ0) is 17.0. The Kier molecular flexibility index (Phi) is 5.63. The number of esters is 1. The quantitative estimate of drug-likeness (QED) is 0.397. The molecule has 2 heterocycles. The van der Waals surface area contributed by atoms with Crippen molar-refractivity contribution in [2.24, 2.45) is 5.73 Å². The van der Waals surface area contributed by atoms with Gasteiger partial charge < -0.3 is 10.5 Å². The lowest BCUT2D eigenvalue weighted by molar-refractivity contribution is -0.151. The molecule has 5 nitrogen and oxygen atoms in total. The standard InChI is InChI=1S/C16H19N3O2S2/c1-10-18-14(22-9-13(20)21-16(2,3)4)12-8-11(6-5-7-17)23-15(12)19-10/h8H,7,9,17H2,1-4H3. The van der Waals surface area contributed by atoms with E-state index < -0.39 is 5.60 Å². The minimum atomic E-state index is -0.484. The van der Waals surface area contributed by atoms with Crippen molar-refractivity contribution in [2.45, 2.75) is 38.3 Å². The van der Waals surface area contributed by atoms with Crippen LogP contribution in [0, 0.1) is 18.8 Å². The fraction of sp³-hybridized carbons (Fsp3) is 0.438. The number of carbonyl (C=O) groups is 1. The van der Waals surface area contributed by atoms with Gasteiger partial charge in [0.25, 0.3) is 0 Å². The van der Waals surface area contributed by atoms with Crippen LogP contribution >= 0.6 is 23.1 Å². The van der Waals surface area contributed by atoms with E-state index in [9.17, 15) is 4.79 Å². The van der Waals surface area contributed by atoms with Gasteiger partial charge in [-0.25, -0.2) is 9.97 Å². The van der Waals surface area contributed by atoms with Crippen LogP contribution in [0.1, 0.15) is 31.5 Å². The minimum Gasteiger partial charge on any atom is -0.459 e. The molecule has 0 spiro atoms. The number of aryl methyl sites for hydroxylation is 1. The van der Waals surface area contributed by atoms with E-state index in [0.717, 1.165) is 20.1 Å². The highest BCUT2D eigenvalue weighted by Crippen LogP contribution is 2.31. The van der Waals surface area contributed by atoms with E-state index in [2.05, 4.69) is 21.8 Å². The first-order valence-corrected chi connectivity index (χ1v) is 8.90. The third-order valence-corrected chi connectivity index (χ3v) is 4.44. The van der Waals surface area contributed by atoms with E-state index in [1.807, 2.05) is 33.8 Å². The average Bonchev–Trinajstić information content (AvgIpc) is 2.83. The Morgan fingerprint density at radius 1 is 1.43 bits per heavy atom. The fourth-order valence-corrected chi connectivity index (χ4v) is 3.64. The molecule has 0 aliphatic heterocycles. The van der Waals surface area contributed by atoms with Crippen LogP contribution in [0.4, 0.5) is 0 Å². The van der Waals surface area contributed by atoms with Crippen LogP contribution in [0.25, 0.3) is 10.2 Å². The molecule has 122 valence electrons. The lowest BCUT2D eigenvalue weighted by Crippen LogP contribution is -2.24. The number of hydrogen-bond donors (Lipinski definition) is 1. The molecule has 2 rings (SSSR count). The van der Waals surface area contributed by atoms with Gasteiger partial charge in [-0.3, -0.25) is 4.79 Å². The van der Waals surface area contributed by atoms with Crippen LogP contribution in [-0.2, 0) is 9.53 Å². The number of thiophene rings is 1. The third-order valence-electron chi connectivity index (χ3n) is 2.53. The second-order valence-electron chi connectivity index (χ2n) is 5.79. The number of aromatic nitrogens is 2. The smallest absolute Gasteiger partial charge is 0.316 e. The van der Waals surface area contributed by atoms with Gasteiger partial charge in [0.2, 0.25) is 0 Å². The number of carbonyl (C=O) groups excluding carboxylic acids is 1. The Morgan fingerprint density at radius 3 is 2.83 bits per heavy atom. The van der Waals surface area contributed by atoms with Gasteiger partial charge in [-0.2, -0.15) is 0 Å². The summed E-state index contributed by atoms with van der Waals surface area (Å²) in [4.78, 5) is 22.5. The van der Waals surface area contributed by atoms with Crippen molar-refractivity contribution in [1.29, 1.82) is 0 Å². The van der Waals surface area contributed by atoms with Crippen molar-refractivity contribution in [3.8, 4) is 11.8 Å². The van der Waals surface area contributed by atoms with E-state index in [1.165, 1.54) is 23.1 Å². The lowest BCUT2D eigenvalue weighted by atomic mass is 10.2. The Morgan fingerprint density at radius 2 is 2.17 bits per heavy atom. The zero-order valence-electron chi connectivity index (χ0n) is 13.6. The van der Waals surface area contributed by atoms with Crippen LogP contribution in [-0.4, -0.2) is 33.8 Å². The predicted octanol–water partition coefficient (Wildman–Crippen LogP) is 2.74. The number of nitrogens with two attached hydrogens (primary N) is 1. The summed E-state index contributed by atoms with van der Waals surface area (Å²) in [5.74, 6) is 6.47. The highest BCUT2D eigenvalue weighted by Gasteiger charge is 2.18. The number of nitrogens with zero attached hydrogens (tertiary/aromatic N) is 2. The van der Waals surface area contributed by atoms with E-state index in [4.69, 9.17) is 10.5 Å². The molecule has 0 aromatic carbocycles. The predicted molar refractivity (Wildman–Crippen MR) is 94.7 cm³/mol. The lowest BCUT2D eigenvalue weighted by Gasteiger charge is -2.19. The summed E-state index contributed by atoms with van der Waals surface area (Å²) in [5.41, 5.74) is 4.92. The van der Waals surface area contributed by atoms with Crippen molar-refractivity contribution < 1.29 is 9.53 Å². The number of thioether (sulfide) groups is 1. The zero-order valence-corrected chi connectivity index (χ0v) is 15.2. The normalized spacial score (nSPS) is 11.2. The van der Waals surface area contributed by atoms with Crippen molar-refractivity contribution >= 4 is 39.3 Å². The van der Waals surface area contributed by atoms with Crippen molar-refractivity contribution in [3.63, 3.8) is 0 Å². The molecule has 0 atom stereocenters. The molecule has 0 saturated heterocycles. The number of rotatable bonds is 3. The first kappa shape index (κ1) is 17.7. The maximum Gasteiger partial charge on any atom is 0.316 e. The van der Waals surface area contributed by atoms with Crippen LogP contribution in [0.5, 0.6) is 0 Å². The molecule has 0 bridgehead atoms. The van der Waals surface area contributed by atoms with Crippen LogP contribution in [0.3, 0.4) is 0 Å². The molecular formula is C16H19N3O2S2. The van der Waals surface area contributed by atoms with E-state index in [1.54, 1.807) is 0 Å². The number of hydrogen-bond acceptors (Lipinski definition) is 7. The molecular weight excluding hydrogens is 330 g/mol. The monoisotopic (exact) mass is 349 g/mol. The van der Waals surface area contributed by atoms with Crippen LogP contribution in [0.2, 0.25) is 0 Å². The van der Waals surface area contributed by atoms with Gasteiger partial charge in [0.15, 0.2) is 0 Å². The highest BCUT2D eigenvalue weighted by atomic mass is 32.2. The molecule has 2 aromatic rings. The van der Waals surface area contributed by atoms with Gasteiger partial charge in [-0.1, -0.05) is 23.6 Å². The Bertz CT molecular complexity index is 782. The van der Waals surface area contributed by atoms with E-state index in [-0.39, 0.29) is 11.7 Å². The van der Waals surface area contributed by atoms with E-state index >= 15 is 0 Å². The van der Waals surface area contributed by atoms with Crippen LogP contribution in [0.15, 0.2) is 11.1 Å². The molecule has 0 saturated carbocycles. The molecule has 2 aromatic heterocycles. The third kappa shape index (κ3) is 5.20. The summed E-state index contributed by atoms with van der Waals surface area (Å²) in [6.07, 6.45) is 0. The van der Waals surface area contributed by atoms with Gasteiger partial charge >= 0.3 is 5.97 Å². The molecule has 0 radical (unpaired) electrons. The highest BCUT2D eigenvalue weighted by molar-refractivity contribution is 8.00. The molecule has 7 heteroatoms. The molecule has 0 aliphatic rings. The summed E-state index contributed by atoms with van der Waals surface area (Å²) < 4.78 is 5.32. The van der Waals surface area contributed by atoms with Crippen molar-refractivity contribution in [2.75, 3.05) is 12.3 Å². The molecule has 23 heavy (non-hydrogen) atoms. The van der Waals surface area contributed by atoms with Crippen LogP contribution < -0.4 is 5.73 Å². The fourth-order valence-electron chi connectivity index (χ4n) is 1.80. The number of ether oxygens (including phenoxy) is 1. The SMILES string of the molecule is Cc1nc(SCC(=O)OC(C)(C)C)c2cc(C#CCN)sc2n1. The summed E-state index contributed by atoms with van der Waals surface area (Å²) in [6, 6.07) is 1.94. The Hall–Kier alpha value is -1.62. The van der Waals surface area contributed by atoms with Gasteiger partial charge in [0.1, 0.15) is 21.3 Å². The summed E-state index contributed by atoms with van der Waals surface area (Å²) in [5, 5.41) is 1.69. The maximum atomic E-state index is 11.9. The van der Waals surface area contributed by atoms with Crippen molar-refractivity contribution in [1.82, 2.24) is 9.97 Å². The van der Waals surface area contributed by atoms with Gasteiger partial charge in [-0.05, 0) is 33.8 Å². The van der Waals surface area contributed by atoms with Gasteiger partial charge in [-0.15, -0.1) is 11.3 Å². The minimum absolute atomic E-state index is 0.211. The molecule has 0 fully saturated rings. The first-order chi connectivity index (χ1) is 10.8. The summed E-state index contributed by atoms with van der Waals surface area (Å²) in [7, 11) is 0. The van der Waals surface area contributed by atoms with Gasteiger partial charge in [0.05, 0.1) is 17.2 Å². The molecule has 0 aliphatic carbocycles. The molecule has 2 N–H and O–H groups in total. The second-order valence-corrected chi connectivity index (χ2v) is 7.78. The summed E-state index contributed by atoms with van der Waals surface area (Å²) in [6.45, 7) is 7.71. The Balaban J connectivity index is 2.22. The van der Waals surface area contributed by atoms with Gasteiger partial charge in [0, 0.05) is 5.39 Å².